The van der Waals surface area contributed by atoms with E-state index in [1.165, 1.54) is 31.4 Å². The molecule has 0 fully saturated rings. The molecule has 3 aromatic carbocycles. The van der Waals surface area contributed by atoms with Crippen LogP contribution >= 0.6 is 0 Å². The number of halogens is 6. The summed E-state index contributed by atoms with van der Waals surface area (Å²) in [4.78, 5) is 0. The monoisotopic (exact) mass is 484 g/mol. The van der Waals surface area contributed by atoms with E-state index in [2.05, 4.69) is 9.47 Å². The highest BCUT2D eigenvalue weighted by Crippen LogP contribution is 2.48. The number of ether oxygens (including phenoxy) is 3. The average molecular weight is 484 g/mol. The molecule has 0 aliphatic heterocycles. The third-order valence-corrected chi connectivity index (χ3v) is 5.06. The molecule has 34 heavy (non-hydrogen) atoms. The predicted octanol–water partition coefficient (Wildman–Crippen LogP) is 8.01. The zero-order chi connectivity index (χ0) is 25.3. The maximum atomic E-state index is 13.5. The highest BCUT2D eigenvalue weighted by Gasteiger charge is 2.36. The molecule has 0 unspecified atom stereocenters. The lowest BCUT2D eigenvalue weighted by Gasteiger charge is -2.22. The van der Waals surface area contributed by atoms with Gasteiger partial charge in [0.25, 0.3) is 0 Å². The van der Waals surface area contributed by atoms with Crippen LogP contribution in [-0.2, 0) is 6.42 Å². The summed E-state index contributed by atoms with van der Waals surface area (Å²) in [7, 11) is 1.37. The van der Waals surface area contributed by atoms with Crippen LogP contribution < -0.4 is 14.2 Å². The first-order valence-corrected chi connectivity index (χ1v) is 10.3. The van der Waals surface area contributed by atoms with Crippen LogP contribution in [0, 0.1) is 13.8 Å². The van der Waals surface area contributed by atoms with Crippen molar-refractivity contribution < 1.29 is 40.6 Å². The molecule has 0 spiro atoms. The van der Waals surface area contributed by atoms with Gasteiger partial charge in [-0.3, -0.25) is 0 Å². The summed E-state index contributed by atoms with van der Waals surface area (Å²) < 4.78 is 93.9. The molecular formula is C25H22F6O3. The fraction of sp³-hybridized carbons (Fsp3) is 0.280. The molecule has 0 heterocycles. The minimum Gasteiger partial charge on any atom is -0.496 e. The summed E-state index contributed by atoms with van der Waals surface area (Å²) in [6, 6.07) is 11.6. The van der Waals surface area contributed by atoms with E-state index in [9.17, 15) is 26.3 Å². The van der Waals surface area contributed by atoms with Gasteiger partial charge < -0.3 is 14.2 Å². The molecule has 0 bridgehead atoms. The van der Waals surface area contributed by atoms with Gasteiger partial charge in [0.15, 0.2) is 0 Å². The van der Waals surface area contributed by atoms with E-state index in [0.29, 0.717) is 23.1 Å². The lowest BCUT2D eigenvalue weighted by molar-refractivity contribution is -0.276. The summed E-state index contributed by atoms with van der Waals surface area (Å²) in [5.41, 5.74) is 1.81. The average Bonchev–Trinajstić information content (AvgIpc) is 2.73. The third-order valence-electron chi connectivity index (χ3n) is 5.06. The van der Waals surface area contributed by atoms with Gasteiger partial charge in [-0.25, -0.2) is 0 Å². The minimum absolute atomic E-state index is 0.0211. The lowest BCUT2D eigenvalue weighted by Crippen LogP contribution is -2.19. The second-order valence-corrected chi connectivity index (χ2v) is 7.67. The zero-order valence-electron chi connectivity index (χ0n) is 18.8. The zero-order valence-corrected chi connectivity index (χ0v) is 18.8. The van der Waals surface area contributed by atoms with Crippen molar-refractivity contribution in [2.45, 2.75) is 39.9 Å². The van der Waals surface area contributed by atoms with Gasteiger partial charge in [-0.15, -0.1) is 26.3 Å². The highest BCUT2D eigenvalue weighted by atomic mass is 19.4. The smallest absolute Gasteiger partial charge is 0.496 e. The van der Waals surface area contributed by atoms with Crippen LogP contribution in [0.4, 0.5) is 26.3 Å². The van der Waals surface area contributed by atoms with Crippen molar-refractivity contribution in [3.05, 3.63) is 65.2 Å². The van der Waals surface area contributed by atoms with Gasteiger partial charge in [-0.1, -0.05) is 24.6 Å². The van der Waals surface area contributed by atoms with Crippen LogP contribution in [0.5, 0.6) is 17.2 Å². The number of methoxy groups -OCH3 is 1. The minimum atomic E-state index is -5.11. The maximum absolute atomic E-state index is 13.5. The van der Waals surface area contributed by atoms with Crippen molar-refractivity contribution in [1.82, 2.24) is 0 Å². The van der Waals surface area contributed by atoms with Crippen LogP contribution in [0.15, 0.2) is 48.5 Å². The second-order valence-electron chi connectivity index (χ2n) is 7.67. The Hall–Kier alpha value is -3.36. The normalized spacial score (nSPS) is 11.9. The number of hydrogen-bond acceptors (Lipinski definition) is 3. The highest BCUT2D eigenvalue weighted by molar-refractivity contribution is 5.88. The van der Waals surface area contributed by atoms with Gasteiger partial charge in [0.1, 0.15) is 17.2 Å². The van der Waals surface area contributed by atoms with Crippen LogP contribution in [-0.4, -0.2) is 19.8 Å². The number of benzene rings is 3. The fourth-order valence-electron chi connectivity index (χ4n) is 3.65. The van der Waals surface area contributed by atoms with E-state index in [1.54, 1.807) is 39.0 Å². The van der Waals surface area contributed by atoms with E-state index in [-0.39, 0.29) is 22.4 Å². The topological polar surface area (TPSA) is 27.7 Å². The standard InChI is InChI=1S/C25H22F6O3/c1-5-16-7-9-22(33-24(26,27)28)18(13-16)20-12-15(3)11-19(23(20)34-25(29,30)31)17-10-14(2)6-8-21(17)32-4/h6-13H,5H2,1-4H3. The van der Waals surface area contributed by atoms with Crippen LogP contribution in [0.2, 0.25) is 0 Å². The molecule has 0 aliphatic rings. The Balaban J connectivity index is 2.41. The SMILES string of the molecule is CCc1ccc(OC(F)(F)F)c(-c2cc(C)cc(-c3cc(C)ccc3OC)c2OC(F)(F)F)c1. The van der Waals surface area contributed by atoms with Gasteiger partial charge in [0, 0.05) is 22.3 Å². The first-order chi connectivity index (χ1) is 15.8. The van der Waals surface area contributed by atoms with Crippen molar-refractivity contribution in [2.24, 2.45) is 0 Å². The second kappa shape index (κ2) is 9.48. The number of rotatable bonds is 6. The van der Waals surface area contributed by atoms with Crippen molar-refractivity contribution >= 4 is 0 Å². The Kier molecular flexibility index (Phi) is 7.05. The van der Waals surface area contributed by atoms with Gasteiger partial charge >= 0.3 is 12.7 Å². The number of hydrogen-bond donors (Lipinski definition) is 0. The lowest BCUT2D eigenvalue weighted by atomic mass is 9.92. The van der Waals surface area contributed by atoms with Crippen molar-refractivity contribution in [3.63, 3.8) is 0 Å². The molecule has 0 aliphatic carbocycles. The van der Waals surface area contributed by atoms with Gasteiger partial charge in [0.2, 0.25) is 0 Å². The van der Waals surface area contributed by atoms with E-state index >= 15 is 0 Å². The summed E-state index contributed by atoms with van der Waals surface area (Å²) in [5, 5.41) is 0. The Bertz CT molecular complexity index is 1180. The van der Waals surface area contributed by atoms with E-state index in [0.717, 1.165) is 11.6 Å². The molecule has 0 saturated heterocycles. The van der Waals surface area contributed by atoms with Gasteiger partial charge in [-0.2, -0.15) is 0 Å². The van der Waals surface area contributed by atoms with Crippen molar-refractivity contribution in [1.29, 1.82) is 0 Å². The molecule has 0 amide bonds. The van der Waals surface area contributed by atoms with Crippen LogP contribution in [0.1, 0.15) is 23.6 Å². The Morgan fingerprint density at radius 3 is 1.71 bits per heavy atom. The summed E-state index contributed by atoms with van der Waals surface area (Å²) >= 11 is 0. The summed E-state index contributed by atoms with van der Waals surface area (Å²) in [6.45, 7) is 5.15. The number of aryl methyl sites for hydroxylation is 3. The molecule has 3 aromatic rings. The molecule has 0 radical (unpaired) electrons. The predicted molar refractivity (Wildman–Crippen MR) is 116 cm³/mol. The van der Waals surface area contributed by atoms with Gasteiger partial charge in [0.05, 0.1) is 7.11 Å². The third kappa shape index (κ3) is 5.95. The van der Waals surface area contributed by atoms with Crippen LogP contribution in [0.3, 0.4) is 0 Å². The van der Waals surface area contributed by atoms with E-state index < -0.39 is 24.2 Å². The Morgan fingerprint density at radius 1 is 0.647 bits per heavy atom. The fourth-order valence-corrected chi connectivity index (χ4v) is 3.65. The van der Waals surface area contributed by atoms with E-state index in [4.69, 9.17) is 4.74 Å². The van der Waals surface area contributed by atoms with Crippen LogP contribution in [0.25, 0.3) is 22.3 Å². The van der Waals surface area contributed by atoms with Crippen molar-refractivity contribution in [3.8, 4) is 39.5 Å². The molecule has 0 aromatic heterocycles. The molecular weight excluding hydrogens is 462 g/mol. The summed E-state index contributed by atoms with van der Waals surface area (Å²) in [5.74, 6) is -1.00. The molecule has 3 nitrogen and oxygen atoms in total. The molecule has 182 valence electrons. The Labute approximate surface area is 192 Å². The Morgan fingerprint density at radius 2 is 1.18 bits per heavy atom. The summed E-state index contributed by atoms with van der Waals surface area (Å²) in [6.07, 6.45) is -9.71. The maximum Gasteiger partial charge on any atom is 0.573 e. The first-order valence-electron chi connectivity index (χ1n) is 10.3. The molecule has 3 rings (SSSR count). The largest absolute Gasteiger partial charge is 0.573 e. The first kappa shape index (κ1) is 25.3. The molecule has 0 saturated carbocycles. The quantitative estimate of drug-likeness (QED) is 0.332. The van der Waals surface area contributed by atoms with Crippen molar-refractivity contribution in [2.75, 3.05) is 7.11 Å². The van der Waals surface area contributed by atoms with Gasteiger partial charge in [-0.05, 0) is 67.8 Å². The van der Waals surface area contributed by atoms with E-state index in [1.807, 2.05) is 0 Å². The molecule has 0 atom stereocenters. The molecule has 0 N–H and O–H groups in total. The molecule has 9 heteroatoms. The number of alkyl halides is 6.